The fourth-order valence-corrected chi connectivity index (χ4v) is 3.26. The van der Waals surface area contributed by atoms with Crippen LogP contribution >= 0.6 is 0 Å². The minimum absolute atomic E-state index is 0.197. The van der Waals surface area contributed by atoms with Gasteiger partial charge in [0.1, 0.15) is 0 Å². The van der Waals surface area contributed by atoms with Gasteiger partial charge in [0, 0.05) is 13.2 Å². The molecule has 0 aromatic rings. The molecule has 0 amide bonds. The van der Waals surface area contributed by atoms with Gasteiger partial charge in [0.15, 0.2) is 0 Å². The average Bonchev–Trinajstić information content (AvgIpc) is 2.43. The molecule has 1 spiro atoms. The summed E-state index contributed by atoms with van der Waals surface area (Å²) in [6.07, 6.45) is 7.39. The Balaban J connectivity index is 1.94. The van der Waals surface area contributed by atoms with E-state index in [4.69, 9.17) is 10.5 Å². The predicted molar refractivity (Wildman–Crippen MR) is 66.4 cm³/mol. The largest absolute Gasteiger partial charge is 0.375 e. The summed E-state index contributed by atoms with van der Waals surface area (Å²) in [5.74, 6) is 0.808. The number of hydrogen-bond donors (Lipinski definition) is 1. The van der Waals surface area contributed by atoms with Gasteiger partial charge in [-0.05, 0) is 64.6 Å². The molecule has 0 saturated carbocycles. The highest BCUT2D eigenvalue weighted by atomic mass is 16.5. The molecule has 2 heterocycles. The van der Waals surface area contributed by atoms with Crippen LogP contribution in [0.1, 0.15) is 38.5 Å². The number of nitrogens with zero attached hydrogens (tertiary/aromatic N) is 1. The van der Waals surface area contributed by atoms with Crippen molar-refractivity contribution in [3.63, 3.8) is 0 Å². The highest BCUT2D eigenvalue weighted by Gasteiger charge is 2.37. The molecular formula is C13H26N2O. The number of ether oxygens (including phenoxy) is 1. The lowest BCUT2D eigenvalue weighted by Gasteiger charge is -2.40. The second-order valence-corrected chi connectivity index (χ2v) is 5.62. The van der Waals surface area contributed by atoms with E-state index in [0.29, 0.717) is 0 Å². The number of rotatable bonds is 2. The molecule has 0 radical (unpaired) electrons. The molecule has 94 valence electrons. The summed E-state index contributed by atoms with van der Waals surface area (Å²) in [6.45, 7) is 4.21. The lowest BCUT2D eigenvalue weighted by molar-refractivity contribution is -0.106. The van der Waals surface area contributed by atoms with Crippen LogP contribution in [0.25, 0.3) is 0 Å². The lowest BCUT2D eigenvalue weighted by atomic mass is 9.80. The molecule has 0 aromatic carbocycles. The van der Waals surface area contributed by atoms with Crippen LogP contribution in [-0.2, 0) is 4.74 Å². The zero-order valence-corrected chi connectivity index (χ0v) is 10.6. The first-order valence-electron chi connectivity index (χ1n) is 6.77. The van der Waals surface area contributed by atoms with Gasteiger partial charge in [0.2, 0.25) is 0 Å². The summed E-state index contributed by atoms with van der Waals surface area (Å²) in [4.78, 5) is 2.44. The van der Waals surface area contributed by atoms with E-state index in [9.17, 15) is 0 Å². The molecule has 0 aromatic heterocycles. The summed E-state index contributed by atoms with van der Waals surface area (Å²) in [5.41, 5.74) is 5.88. The van der Waals surface area contributed by atoms with Gasteiger partial charge in [-0.2, -0.15) is 0 Å². The van der Waals surface area contributed by atoms with Gasteiger partial charge in [-0.1, -0.05) is 0 Å². The van der Waals surface area contributed by atoms with Crippen molar-refractivity contribution in [3.8, 4) is 0 Å². The van der Waals surface area contributed by atoms with E-state index >= 15 is 0 Å². The maximum atomic E-state index is 6.14. The zero-order valence-electron chi connectivity index (χ0n) is 10.6. The van der Waals surface area contributed by atoms with Crippen LogP contribution in [0, 0.1) is 5.92 Å². The smallest absolute Gasteiger partial charge is 0.0697 e. The minimum atomic E-state index is 0.197. The highest BCUT2D eigenvalue weighted by Crippen LogP contribution is 2.38. The monoisotopic (exact) mass is 226 g/mol. The van der Waals surface area contributed by atoms with Gasteiger partial charge in [0.05, 0.1) is 5.60 Å². The molecule has 2 saturated heterocycles. The number of nitrogens with two attached hydrogens (primary N) is 1. The van der Waals surface area contributed by atoms with Crippen LogP contribution in [0.15, 0.2) is 0 Å². The Bertz CT molecular complexity index is 220. The van der Waals surface area contributed by atoms with Crippen LogP contribution in [-0.4, -0.2) is 43.8 Å². The standard InChI is InChI=1S/C13H26N2O/c1-15-8-2-5-13(6-9-15)11-12(3-7-14)4-10-16-13/h12H,2-11,14H2,1H3. The first-order chi connectivity index (χ1) is 7.74. The van der Waals surface area contributed by atoms with Crippen molar-refractivity contribution in [2.45, 2.75) is 44.1 Å². The third kappa shape index (κ3) is 2.96. The summed E-state index contributed by atoms with van der Waals surface area (Å²) in [6, 6.07) is 0. The molecule has 2 rings (SSSR count). The first-order valence-corrected chi connectivity index (χ1v) is 6.77. The topological polar surface area (TPSA) is 38.5 Å². The Morgan fingerprint density at radius 3 is 3.06 bits per heavy atom. The molecule has 0 aliphatic carbocycles. The SMILES string of the molecule is CN1CCCC2(CC1)CC(CCN)CCO2. The van der Waals surface area contributed by atoms with Crippen LogP contribution in [0.4, 0.5) is 0 Å². The average molecular weight is 226 g/mol. The van der Waals surface area contributed by atoms with Crippen molar-refractivity contribution in [1.29, 1.82) is 0 Å². The first kappa shape index (κ1) is 12.3. The van der Waals surface area contributed by atoms with E-state index in [1.807, 2.05) is 0 Å². The second kappa shape index (κ2) is 5.48. The van der Waals surface area contributed by atoms with Crippen LogP contribution in [0.5, 0.6) is 0 Å². The van der Waals surface area contributed by atoms with Gasteiger partial charge < -0.3 is 15.4 Å². The fourth-order valence-electron chi connectivity index (χ4n) is 3.26. The van der Waals surface area contributed by atoms with Gasteiger partial charge >= 0.3 is 0 Å². The van der Waals surface area contributed by atoms with E-state index in [1.54, 1.807) is 0 Å². The molecule has 2 unspecified atom stereocenters. The van der Waals surface area contributed by atoms with Crippen molar-refractivity contribution < 1.29 is 4.74 Å². The normalized spacial score (nSPS) is 37.5. The molecule has 2 atom stereocenters. The Morgan fingerprint density at radius 2 is 2.25 bits per heavy atom. The summed E-state index contributed by atoms with van der Waals surface area (Å²) < 4.78 is 6.14. The van der Waals surface area contributed by atoms with Crippen molar-refractivity contribution in [3.05, 3.63) is 0 Å². The third-order valence-corrected chi connectivity index (χ3v) is 4.29. The lowest BCUT2D eigenvalue weighted by Crippen LogP contribution is -2.41. The Labute approximate surface area is 99.3 Å². The Kier molecular flexibility index (Phi) is 4.22. The van der Waals surface area contributed by atoms with E-state index in [1.165, 1.54) is 51.6 Å². The molecule has 2 aliphatic heterocycles. The molecule has 3 nitrogen and oxygen atoms in total. The Hall–Kier alpha value is -0.120. The quantitative estimate of drug-likeness (QED) is 0.777. The molecule has 0 bridgehead atoms. The van der Waals surface area contributed by atoms with Crippen molar-refractivity contribution in [2.24, 2.45) is 11.7 Å². The zero-order chi connectivity index (χ0) is 11.4. The molecular weight excluding hydrogens is 200 g/mol. The van der Waals surface area contributed by atoms with Crippen LogP contribution in [0.2, 0.25) is 0 Å². The van der Waals surface area contributed by atoms with Crippen LogP contribution in [0.3, 0.4) is 0 Å². The fraction of sp³-hybridized carbons (Fsp3) is 1.00. The molecule has 2 aliphatic rings. The van der Waals surface area contributed by atoms with Crippen molar-refractivity contribution in [2.75, 3.05) is 33.3 Å². The number of likely N-dealkylation sites (tertiary alicyclic amines) is 1. The van der Waals surface area contributed by atoms with E-state index in [-0.39, 0.29) is 5.60 Å². The predicted octanol–water partition coefficient (Wildman–Crippen LogP) is 1.62. The second-order valence-electron chi connectivity index (χ2n) is 5.62. The highest BCUT2D eigenvalue weighted by molar-refractivity contribution is 4.89. The van der Waals surface area contributed by atoms with E-state index in [0.717, 1.165) is 19.1 Å². The van der Waals surface area contributed by atoms with E-state index < -0.39 is 0 Å². The van der Waals surface area contributed by atoms with Gasteiger partial charge in [0.25, 0.3) is 0 Å². The molecule has 2 N–H and O–H groups in total. The van der Waals surface area contributed by atoms with Crippen molar-refractivity contribution in [1.82, 2.24) is 4.90 Å². The van der Waals surface area contributed by atoms with Gasteiger partial charge in [-0.3, -0.25) is 0 Å². The van der Waals surface area contributed by atoms with Crippen LogP contribution < -0.4 is 5.73 Å². The maximum Gasteiger partial charge on any atom is 0.0697 e. The Morgan fingerprint density at radius 1 is 1.38 bits per heavy atom. The van der Waals surface area contributed by atoms with Gasteiger partial charge in [-0.15, -0.1) is 0 Å². The summed E-state index contributed by atoms with van der Waals surface area (Å²) in [7, 11) is 2.22. The maximum absolute atomic E-state index is 6.14. The molecule has 2 fully saturated rings. The number of hydrogen-bond acceptors (Lipinski definition) is 3. The minimum Gasteiger partial charge on any atom is -0.375 e. The molecule has 16 heavy (non-hydrogen) atoms. The van der Waals surface area contributed by atoms with E-state index in [2.05, 4.69) is 11.9 Å². The summed E-state index contributed by atoms with van der Waals surface area (Å²) >= 11 is 0. The van der Waals surface area contributed by atoms with Gasteiger partial charge in [-0.25, -0.2) is 0 Å². The summed E-state index contributed by atoms with van der Waals surface area (Å²) in [5, 5.41) is 0. The molecule has 3 heteroatoms. The van der Waals surface area contributed by atoms with Crippen molar-refractivity contribution >= 4 is 0 Å². The third-order valence-electron chi connectivity index (χ3n) is 4.29.